The van der Waals surface area contributed by atoms with Gasteiger partial charge in [-0.1, -0.05) is 60.5 Å². The predicted molar refractivity (Wildman–Crippen MR) is 123 cm³/mol. The molecule has 2 rings (SSSR count). The summed E-state index contributed by atoms with van der Waals surface area (Å²) in [6, 6.07) is 5.33. The number of carbonyl (C=O) groups is 2. The van der Waals surface area contributed by atoms with Crippen molar-refractivity contribution in [1.29, 1.82) is 0 Å². The van der Waals surface area contributed by atoms with E-state index in [1.54, 1.807) is 0 Å². The monoisotopic (exact) mass is 593 g/mol. The molecule has 0 saturated heterocycles. The highest BCUT2D eigenvalue weighted by atomic mass is 35.5. The molecule has 0 aromatic heterocycles. The van der Waals surface area contributed by atoms with Crippen molar-refractivity contribution < 1.29 is 49.1 Å². The summed E-state index contributed by atoms with van der Waals surface area (Å²) in [5, 5.41) is 1.38. The van der Waals surface area contributed by atoms with E-state index in [0.29, 0.717) is 12.1 Å². The Labute approximate surface area is 220 Å². The molecular formula is C24H18Cl2F9NO2. The number of halogens is 11. The van der Waals surface area contributed by atoms with E-state index in [1.807, 2.05) is 0 Å². The number of amides is 1. The van der Waals surface area contributed by atoms with E-state index in [9.17, 15) is 49.1 Å². The minimum Gasteiger partial charge on any atom is -0.347 e. The van der Waals surface area contributed by atoms with Crippen molar-refractivity contribution in [1.82, 2.24) is 5.32 Å². The summed E-state index contributed by atoms with van der Waals surface area (Å²) in [6.07, 6.45) is -14.1. The van der Waals surface area contributed by atoms with Gasteiger partial charge < -0.3 is 5.32 Å². The van der Waals surface area contributed by atoms with E-state index >= 15 is 0 Å². The second kappa shape index (κ2) is 12.0. The topological polar surface area (TPSA) is 46.2 Å². The van der Waals surface area contributed by atoms with E-state index in [1.165, 1.54) is 5.32 Å². The van der Waals surface area contributed by atoms with Gasteiger partial charge >= 0.3 is 18.5 Å². The number of alkyl halides is 9. The van der Waals surface area contributed by atoms with Gasteiger partial charge in [0.1, 0.15) is 6.54 Å². The highest BCUT2D eigenvalue weighted by molar-refractivity contribution is 6.42. The molecule has 14 heteroatoms. The van der Waals surface area contributed by atoms with Gasteiger partial charge in [0.25, 0.3) is 0 Å². The van der Waals surface area contributed by atoms with Crippen LogP contribution in [0.4, 0.5) is 39.5 Å². The number of hydrogen-bond donors (Lipinski definition) is 1. The van der Waals surface area contributed by atoms with Crippen molar-refractivity contribution in [3.63, 3.8) is 0 Å². The van der Waals surface area contributed by atoms with Gasteiger partial charge in [-0.2, -0.15) is 39.5 Å². The lowest BCUT2D eigenvalue weighted by Crippen LogP contribution is -2.37. The van der Waals surface area contributed by atoms with E-state index in [2.05, 4.69) is 0 Å². The minimum atomic E-state index is -5.11. The van der Waals surface area contributed by atoms with Gasteiger partial charge in [-0.15, -0.1) is 0 Å². The average molecular weight is 594 g/mol. The molecule has 1 N–H and O–H groups in total. The molecule has 0 heterocycles. The molecule has 0 radical (unpaired) electrons. The third-order valence-corrected chi connectivity index (χ3v) is 5.93. The van der Waals surface area contributed by atoms with Crippen LogP contribution < -0.4 is 5.32 Å². The van der Waals surface area contributed by atoms with Crippen molar-refractivity contribution in [2.24, 2.45) is 5.92 Å². The summed E-state index contributed by atoms with van der Waals surface area (Å²) in [5.41, 5.74) is -3.00. The summed E-state index contributed by atoms with van der Waals surface area (Å²) in [4.78, 5) is 24.3. The Kier molecular flexibility index (Phi) is 9.93. The minimum absolute atomic E-state index is 0.00236. The molecule has 2 aromatic rings. The molecule has 0 aliphatic rings. The van der Waals surface area contributed by atoms with E-state index in [4.69, 9.17) is 23.2 Å². The fourth-order valence-corrected chi connectivity index (χ4v) is 3.61. The zero-order chi connectivity index (χ0) is 29.1. The largest absolute Gasteiger partial charge is 0.417 e. The number of hydrogen-bond acceptors (Lipinski definition) is 2. The SMILES string of the molecule is C[C@@H](CC(=O)c1ccc(/C=C/C(c2ccc(Cl)c(Cl)c2)C(F)(F)F)cc1C(F)(F)F)C(=O)NCC(F)(F)F. The molecule has 208 valence electrons. The van der Waals surface area contributed by atoms with Crippen LogP contribution in [-0.2, 0) is 11.0 Å². The van der Waals surface area contributed by atoms with Crippen LogP contribution in [0.25, 0.3) is 6.08 Å². The van der Waals surface area contributed by atoms with Crippen LogP contribution in [0.3, 0.4) is 0 Å². The van der Waals surface area contributed by atoms with Crippen molar-refractivity contribution in [3.05, 3.63) is 74.8 Å². The Morgan fingerprint density at radius 1 is 0.921 bits per heavy atom. The maximum absolute atomic E-state index is 13.7. The number of benzene rings is 2. The van der Waals surface area contributed by atoms with Gasteiger partial charge in [-0.3, -0.25) is 9.59 Å². The first kappa shape index (κ1) is 31.5. The molecule has 3 nitrogen and oxygen atoms in total. The Bertz CT molecular complexity index is 1200. The van der Waals surface area contributed by atoms with Crippen molar-refractivity contribution in [3.8, 4) is 0 Å². The molecule has 1 amide bonds. The third kappa shape index (κ3) is 8.93. The molecule has 0 bridgehead atoms. The number of ketones is 1. The predicted octanol–water partition coefficient (Wildman–Crippen LogP) is 8.26. The highest BCUT2D eigenvalue weighted by Crippen LogP contribution is 2.39. The third-order valence-electron chi connectivity index (χ3n) is 5.19. The van der Waals surface area contributed by atoms with Gasteiger partial charge in [-0.05, 0) is 29.3 Å². The maximum atomic E-state index is 13.7. The second-order valence-electron chi connectivity index (χ2n) is 8.22. The highest BCUT2D eigenvalue weighted by Gasteiger charge is 2.39. The lowest BCUT2D eigenvalue weighted by atomic mass is 9.93. The second-order valence-corrected chi connectivity index (χ2v) is 9.03. The zero-order valence-electron chi connectivity index (χ0n) is 19.2. The summed E-state index contributed by atoms with van der Waals surface area (Å²) in [6.45, 7) is -0.616. The first-order valence-electron chi connectivity index (χ1n) is 10.6. The van der Waals surface area contributed by atoms with Crippen molar-refractivity contribution in [2.45, 2.75) is 37.8 Å². The van der Waals surface area contributed by atoms with Gasteiger partial charge in [0, 0.05) is 17.9 Å². The molecular weight excluding hydrogens is 576 g/mol. The fraction of sp³-hybridized carbons (Fsp3) is 0.333. The average Bonchev–Trinajstić information content (AvgIpc) is 2.77. The first-order valence-corrected chi connectivity index (χ1v) is 11.3. The normalized spacial score (nSPS) is 14.4. The fourth-order valence-electron chi connectivity index (χ4n) is 3.31. The molecule has 0 spiro atoms. The summed E-state index contributed by atoms with van der Waals surface area (Å²) in [7, 11) is 0. The molecule has 1 unspecified atom stereocenters. The molecule has 38 heavy (non-hydrogen) atoms. The lowest BCUT2D eigenvalue weighted by Gasteiger charge is -2.18. The Morgan fingerprint density at radius 2 is 1.55 bits per heavy atom. The molecule has 2 atom stereocenters. The number of allylic oxidation sites excluding steroid dienone is 1. The molecule has 0 fully saturated rings. The number of nitrogens with one attached hydrogen (secondary N) is 1. The quantitative estimate of drug-likeness (QED) is 0.247. The number of carbonyl (C=O) groups excluding carboxylic acids is 2. The van der Waals surface area contributed by atoms with Crippen LogP contribution in [0.5, 0.6) is 0 Å². The van der Waals surface area contributed by atoms with Crippen LogP contribution in [-0.4, -0.2) is 30.6 Å². The lowest BCUT2D eigenvalue weighted by molar-refractivity contribution is -0.140. The standard InChI is InChI=1S/C24H18Cl2F9NO2/c1-12(21(38)36-11-22(27,28)29)8-20(37)15-5-2-13(9-17(15)24(33,34)35)3-6-16(23(30,31)32)14-4-7-18(25)19(26)10-14/h2-7,9-10,12,16H,8,11H2,1H3,(H,36,38)/b6-3+/t12-,16?/m0/s1. The zero-order valence-corrected chi connectivity index (χ0v) is 20.7. The van der Waals surface area contributed by atoms with Crippen molar-refractivity contribution in [2.75, 3.05) is 6.54 Å². The summed E-state index contributed by atoms with van der Waals surface area (Å²) in [5.74, 6) is -6.01. The van der Waals surface area contributed by atoms with Gasteiger partial charge in [0.05, 0.1) is 21.5 Å². The van der Waals surface area contributed by atoms with E-state index < -0.39 is 66.1 Å². The van der Waals surface area contributed by atoms with Gasteiger partial charge in [0.2, 0.25) is 5.91 Å². The van der Waals surface area contributed by atoms with Gasteiger partial charge in [-0.25, -0.2) is 0 Å². The van der Waals surface area contributed by atoms with Crippen LogP contribution in [0, 0.1) is 5.92 Å². The number of rotatable bonds is 8. The van der Waals surface area contributed by atoms with Crippen LogP contribution >= 0.6 is 23.2 Å². The molecule has 0 saturated carbocycles. The number of Topliss-reactive ketones (excluding diaryl/α,β-unsaturated/α-hetero) is 1. The Balaban J connectivity index is 2.34. The molecule has 0 aliphatic heterocycles. The smallest absolute Gasteiger partial charge is 0.347 e. The van der Waals surface area contributed by atoms with Crippen LogP contribution in [0.2, 0.25) is 10.0 Å². The Morgan fingerprint density at radius 3 is 2.08 bits per heavy atom. The van der Waals surface area contributed by atoms with E-state index in [0.717, 1.165) is 43.3 Å². The maximum Gasteiger partial charge on any atom is 0.417 e. The summed E-state index contributed by atoms with van der Waals surface area (Å²) >= 11 is 11.5. The summed E-state index contributed by atoms with van der Waals surface area (Å²) < 4.78 is 119. The molecule has 2 aromatic carbocycles. The van der Waals surface area contributed by atoms with Crippen LogP contribution in [0.1, 0.15) is 46.3 Å². The Hall–Kier alpha value is -2.73. The van der Waals surface area contributed by atoms with E-state index in [-0.39, 0.29) is 21.2 Å². The van der Waals surface area contributed by atoms with Crippen molar-refractivity contribution >= 4 is 41.0 Å². The first-order chi connectivity index (χ1) is 17.3. The van der Waals surface area contributed by atoms with Crippen LogP contribution in [0.15, 0.2) is 42.5 Å². The molecule has 0 aliphatic carbocycles. The van der Waals surface area contributed by atoms with Gasteiger partial charge in [0.15, 0.2) is 5.78 Å².